The lowest BCUT2D eigenvalue weighted by Gasteiger charge is -2.28. The van der Waals surface area contributed by atoms with Crippen LogP contribution >= 0.6 is 0 Å². The van der Waals surface area contributed by atoms with Crippen molar-refractivity contribution < 1.29 is 31.7 Å². The van der Waals surface area contributed by atoms with Crippen molar-refractivity contribution in [2.24, 2.45) is 0 Å². The predicted octanol–water partition coefficient (Wildman–Crippen LogP) is -1.97. The topological polar surface area (TPSA) is 169 Å². The molecule has 2 aliphatic heterocycles. The number of aromatic nitrogens is 4. The van der Waals surface area contributed by atoms with Gasteiger partial charge in [0.25, 0.3) is 5.91 Å². The minimum absolute atomic E-state index is 0.0861. The van der Waals surface area contributed by atoms with Gasteiger partial charge in [0.2, 0.25) is 0 Å². The molecule has 0 unspecified atom stereocenters. The minimum Gasteiger partial charge on any atom is -0.309 e. The Labute approximate surface area is 147 Å². The Morgan fingerprint density at radius 3 is 2.85 bits per heavy atom. The molecule has 2 aliphatic rings. The number of aryl methyl sites for hydroxylation is 1. The lowest BCUT2D eigenvalue weighted by Crippen LogP contribution is -2.49. The molecule has 3 rings (SSSR count). The Morgan fingerprint density at radius 2 is 2.19 bits per heavy atom. The van der Waals surface area contributed by atoms with Crippen molar-refractivity contribution in [3.8, 4) is 0 Å². The smallest absolute Gasteiger partial charge is 0.309 e. The quantitative estimate of drug-likeness (QED) is 0.302. The highest BCUT2D eigenvalue weighted by molar-refractivity contribution is 7.80. The Hall–Kier alpha value is -2.36. The summed E-state index contributed by atoms with van der Waals surface area (Å²) in [5.41, 5.74) is 2.25. The molecule has 3 amide bonds. The third kappa shape index (κ3) is 4.06. The average Bonchev–Trinajstić information content (AvgIpc) is 3.08. The minimum atomic E-state index is -4.83. The Bertz CT molecular complexity index is 797. The van der Waals surface area contributed by atoms with E-state index >= 15 is 0 Å². The molecular formula is C11H17N7O7S. The van der Waals surface area contributed by atoms with Gasteiger partial charge in [-0.3, -0.25) is 14.2 Å². The second-order valence-corrected chi connectivity index (χ2v) is 6.76. The van der Waals surface area contributed by atoms with E-state index in [0.717, 1.165) is 0 Å². The monoisotopic (exact) mass is 391 g/mol. The van der Waals surface area contributed by atoms with E-state index in [4.69, 9.17) is 9.39 Å². The molecule has 2 N–H and O–H groups in total. The third-order valence-corrected chi connectivity index (χ3v) is 4.27. The van der Waals surface area contributed by atoms with Gasteiger partial charge in [0.05, 0.1) is 19.2 Å². The van der Waals surface area contributed by atoms with E-state index in [1.807, 2.05) is 0 Å². The van der Waals surface area contributed by atoms with Crippen LogP contribution in [0.2, 0.25) is 0 Å². The van der Waals surface area contributed by atoms with E-state index in [1.165, 1.54) is 9.70 Å². The Morgan fingerprint density at radius 1 is 1.42 bits per heavy atom. The summed E-state index contributed by atoms with van der Waals surface area (Å²) in [6.45, 7) is 2.15. The summed E-state index contributed by atoms with van der Waals surface area (Å²) in [4.78, 5) is 32.0. The predicted molar refractivity (Wildman–Crippen MR) is 80.0 cm³/mol. The van der Waals surface area contributed by atoms with Crippen molar-refractivity contribution >= 4 is 22.3 Å². The molecule has 0 radical (unpaired) electrons. The van der Waals surface area contributed by atoms with Gasteiger partial charge in [0.1, 0.15) is 6.04 Å². The van der Waals surface area contributed by atoms with Crippen LogP contribution in [-0.4, -0.2) is 80.3 Å². The van der Waals surface area contributed by atoms with Crippen LogP contribution in [0.1, 0.15) is 18.7 Å². The largest absolute Gasteiger partial charge is 0.418 e. The highest BCUT2D eigenvalue weighted by Crippen LogP contribution is 2.30. The molecular weight excluding hydrogens is 374 g/mol. The van der Waals surface area contributed by atoms with Crippen molar-refractivity contribution in [1.29, 1.82) is 0 Å². The molecule has 0 spiro atoms. The van der Waals surface area contributed by atoms with Crippen LogP contribution in [0.5, 0.6) is 0 Å². The number of carbonyl (C=O) groups excluding carboxylic acids is 2. The van der Waals surface area contributed by atoms with E-state index in [0.29, 0.717) is 23.7 Å². The number of fused-ring (bicyclic) bond motifs is 2. The fraction of sp³-hybridized carbons (Fsp3) is 0.727. The van der Waals surface area contributed by atoms with Crippen molar-refractivity contribution in [1.82, 2.24) is 35.7 Å². The van der Waals surface area contributed by atoms with Gasteiger partial charge in [-0.1, -0.05) is 0 Å². The lowest BCUT2D eigenvalue weighted by atomic mass is 10.0. The number of carbonyl (C=O) groups is 2. The van der Waals surface area contributed by atoms with Crippen LogP contribution in [0.4, 0.5) is 4.79 Å². The number of hydrogen-bond donors (Lipinski definition) is 2. The Balaban J connectivity index is 1.50. The highest BCUT2D eigenvalue weighted by Gasteiger charge is 2.49. The van der Waals surface area contributed by atoms with Crippen LogP contribution in [-0.2, 0) is 30.9 Å². The SMILES string of the molecule is Cc1nnn(CCONC(=O)[C@@H]2CC[C@@H]3CN2C(=O)N3OS(=O)(=O)O)n1. The van der Waals surface area contributed by atoms with Crippen molar-refractivity contribution in [3.63, 3.8) is 0 Å². The number of nitrogens with one attached hydrogen (secondary N) is 1. The number of hydrogen-bond acceptors (Lipinski definition) is 9. The van der Waals surface area contributed by atoms with Crippen LogP contribution in [0.3, 0.4) is 0 Å². The number of hydroxylamine groups is 3. The number of rotatable bonds is 7. The molecule has 2 atom stereocenters. The van der Waals surface area contributed by atoms with E-state index in [1.54, 1.807) is 6.92 Å². The number of nitrogens with zero attached hydrogens (tertiary/aromatic N) is 6. The van der Waals surface area contributed by atoms with E-state index in [9.17, 15) is 18.0 Å². The molecule has 0 aromatic carbocycles. The summed E-state index contributed by atoms with van der Waals surface area (Å²) in [6, 6.07) is -2.20. The summed E-state index contributed by atoms with van der Waals surface area (Å²) < 4.78 is 34.7. The molecule has 0 saturated carbocycles. The summed E-state index contributed by atoms with van der Waals surface area (Å²) in [5, 5.41) is 12.0. The van der Waals surface area contributed by atoms with Gasteiger partial charge in [-0.25, -0.2) is 10.3 Å². The summed E-state index contributed by atoms with van der Waals surface area (Å²) >= 11 is 0. The maximum Gasteiger partial charge on any atom is 0.418 e. The van der Waals surface area contributed by atoms with Gasteiger partial charge in [-0.05, 0) is 25.0 Å². The summed E-state index contributed by atoms with van der Waals surface area (Å²) in [5.74, 6) is -0.0387. The molecule has 1 aromatic heterocycles. The first-order chi connectivity index (χ1) is 12.2. The average molecular weight is 391 g/mol. The number of urea groups is 1. The maximum absolute atomic E-state index is 12.2. The number of tetrazole rings is 1. The molecule has 3 heterocycles. The first-order valence-corrected chi connectivity index (χ1v) is 9.04. The zero-order valence-corrected chi connectivity index (χ0v) is 14.5. The van der Waals surface area contributed by atoms with E-state index < -0.39 is 34.4 Å². The Kier molecular flexibility index (Phi) is 5.03. The molecule has 14 nitrogen and oxygen atoms in total. The molecule has 2 saturated heterocycles. The third-order valence-electron chi connectivity index (χ3n) is 3.92. The zero-order valence-electron chi connectivity index (χ0n) is 13.7. The second-order valence-electron chi connectivity index (χ2n) is 5.76. The first-order valence-electron chi connectivity index (χ1n) is 7.67. The molecule has 26 heavy (non-hydrogen) atoms. The van der Waals surface area contributed by atoms with Gasteiger partial charge < -0.3 is 4.90 Å². The van der Waals surface area contributed by atoms with Crippen LogP contribution in [0.25, 0.3) is 0 Å². The standard InChI is InChI=1S/C11H17N7O7S/c1-7-12-15-17(13-7)4-5-24-14-10(19)9-3-2-8-6-16(9)11(20)18(8)25-26(21,22)23/h8-9H,2-6H2,1H3,(H,14,19)(H,21,22,23)/t8-,9+/m1/s1. The molecule has 1 aromatic rings. The molecule has 15 heteroatoms. The number of piperidine rings is 1. The molecule has 2 bridgehead atoms. The van der Waals surface area contributed by atoms with Gasteiger partial charge in [-0.15, -0.1) is 14.5 Å². The van der Waals surface area contributed by atoms with Gasteiger partial charge in [0.15, 0.2) is 5.82 Å². The normalized spacial score (nSPS) is 22.8. The summed E-state index contributed by atoms with van der Waals surface area (Å²) in [6.07, 6.45) is 0.624. The van der Waals surface area contributed by atoms with Crippen molar-refractivity contribution in [2.75, 3.05) is 13.2 Å². The van der Waals surface area contributed by atoms with Gasteiger partial charge >= 0.3 is 16.4 Å². The highest BCUT2D eigenvalue weighted by atomic mass is 32.3. The van der Waals surface area contributed by atoms with Crippen LogP contribution < -0.4 is 5.48 Å². The lowest BCUT2D eigenvalue weighted by molar-refractivity contribution is -0.139. The maximum atomic E-state index is 12.2. The fourth-order valence-corrected chi connectivity index (χ4v) is 3.23. The van der Waals surface area contributed by atoms with E-state index in [-0.39, 0.29) is 19.7 Å². The zero-order chi connectivity index (χ0) is 18.9. The molecule has 0 aliphatic carbocycles. The van der Waals surface area contributed by atoms with Crippen LogP contribution in [0, 0.1) is 6.92 Å². The fourth-order valence-electron chi connectivity index (χ4n) is 2.84. The van der Waals surface area contributed by atoms with Crippen molar-refractivity contribution in [2.45, 2.75) is 38.4 Å². The first kappa shape index (κ1) is 18.4. The second kappa shape index (κ2) is 7.10. The molecule has 144 valence electrons. The van der Waals surface area contributed by atoms with Gasteiger partial charge in [-0.2, -0.15) is 18.3 Å². The molecule has 2 fully saturated rings. The summed E-state index contributed by atoms with van der Waals surface area (Å²) in [7, 11) is -4.83. The number of amides is 3. The van der Waals surface area contributed by atoms with Crippen LogP contribution in [0.15, 0.2) is 0 Å². The van der Waals surface area contributed by atoms with Gasteiger partial charge in [0, 0.05) is 6.54 Å². The van der Waals surface area contributed by atoms with E-state index in [2.05, 4.69) is 25.2 Å². The van der Waals surface area contributed by atoms with Crippen molar-refractivity contribution in [3.05, 3.63) is 5.82 Å².